The highest BCUT2D eigenvalue weighted by Crippen LogP contribution is 2.17. The Morgan fingerprint density at radius 1 is 1.25 bits per heavy atom. The summed E-state index contributed by atoms with van der Waals surface area (Å²) < 4.78 is 5.24. The van der Waals surface area contributed by atoms with Gasteiger partial charge in [0.25, 0.3) is 0 Å². The summed E-state index contributed by atoms with van der Waals surface area (Å²) in [5.41, 5.74) is 2.83. The molecule has 0 fully saturated rings. The van der Waals surface area contributed by atoms with E-state index in [0.29, 0.717) is 0 Å². The third kappa shape index (κ3) is 2.73. The smallest absolute Gasteiger partial charge is 0.181 e. The Balaban J connectivity index is 1.84. The molecule has 1 aromatic heterocycles. The minimum atomic E-state index is 0.834. The van der Waals surface area contributed by atoms with Crippen LogP contribution < -0.4 is 10.6 Å². The van der Waals surface area contributed by atoms with E-state index in [0.717, 1.165) is 36.3 Å². The van der Waals surface area contributed by atoms with Crippen LogP contribution >= 0.6 is 0 Å². The van der Waals surface area contributed by atoms with Crippen molar-refractivity contribution in [3.63, 3.8) is 0 Å². The topological polar surface area (TPSA) is 50.1 Å². The molecule has 4 heteroatoms. The second-order valence-electron chi connectivity index (χ2n) is 3.77. The van der Waals surface area contributed by atoms with Crippen molar-refractivity contribution in [2.24, 2.45) is 0 Å². The zero-order chi connectivity index (χ0) is 11.2. The SMILES string of the molecule is CNCCCCNc1ccc2ncoc2c1. The van der Waals surface area contributed by atoms with Gasteiger partial charge in [-0.15, -0.1) is 0 Å². The van der Waals surface area contributed by atoms with Gasteiger partial charge < -0.3 is 15.1 Å². The Morgan fingerprint density at radius 3 is 3.00 bits per heavy atom. The maximum atomic E-state index is 5.24. The maximum absolute atomic E-state index is 5.24. The molecule has 0 saturated heterocycles. The van der Waals surface area contributed by atoms with E-state index in [1.807, 2.05) is 25.2 Å². The maximum Gasteiger partial charge on any atom is 0.181 e. The van der Waals surface area contributed by atoms with Crippen LogP contribution in [0.5, 0.6) is 0 Å². The summed E-state index contributed by atoms with van der Waals surface area (Å²) in [6, 6.07) is 5.98. The zero-order valence-corrected chi connectivity index (χ0v) is 9.49. The number of hydrogen-bond acceptors (Lipinski definition) is 4. The first-order valence-electron chi connectivity index (χ1n) is 5.62. The lowest BCUT2D eigenvalue weighted by Gasteiger charge is -2.05. The molecular formula is C12H17N3O. The first-order valence-corrected chi connectivity index (χ1v) is 5.62. The number of anilines is 1. The Labute approximate surface area is 95.1 Å². The van der Waals surface area contributed by atoms with Gasteiger partial charge in [-0.2, -0.15) is 0 Å². The Bertz CT molecular complexity index is 439. The largest absolute Gasteiger partial charge is 0.443 e. The second-order valence-corrected chi connectivity index (χ2v) is 3.77. The number of rotatable bonds is 6. The minimum absolute atomic E-state index is 0.834. The van der Waals surface area contributed by atoms with Crippen molar-refractivity contribution >= 4 is 16.8 Å². The molecule has 2 aromatic rings. The zero-order valence-electron chi connectivity index (χ0n) is 9.49. The molecule has 1 aromatic carbocycles. The van der Waals surface area contributed by atoms with Gasteiger partial charge in [-0.3, -0.25) is 0 Å². The van der Waals surface area contributed by atoms with E-state index in [2.05, 4.69) is 15.6 Å². The molecule has 0 atom stereocenters. The average molecular weight is 219 g/mol. The summed E-state index contributed by atoms with van der Waals surface area (Å²) in [5, 5.41) is 6.51. The van der Waals surface area contributed by atoms with E-state index >= 15 is 0 Å². The van der Waals surface area contributed by atoms with E-state index in [-0.39, 0.29) is 0 Å². The number of fused-ring (bicyclic) bond motifs is 1. The monoisotopic (exact) mass is 219 g/mol. The third-order valence-electron chi connectivity index (χ3n) is 2.51. The highest BCUT2D eigenvalue weighted by Gasteiger charge is 1.99. The van der Waals surface area contributed by atoms with Gasteiger partial charge in [0.2, 0.25) is 0 Å². The summed E-state index contributed by atoms with van der Waals surface area (Å²) in [7, 11) is 1.98. The van der Waals surface area contributed by atoms with Crippen LogP contribution in [0, 0.1) is 0 Å². The quantitative estimate of drug-likeness (QED) is 0.731. The molecule has 1 heterocycles. The molecular weight excluding hydrogens is 202 g/mol. The predicted molar refractivity (Wildman–Crippen MR) is 65.7 cm³/mol. The third-order valence-corrected chi connectivity index (χ3v) is 2.51. The molecule has 0 spiro atoms. The van der Waals surface area contributed by atoms with E-state index < -0.39 is 0 Å². The number of unbranched alkanes of at least 4 members (excludes halogenated alkanes) is 1. The Kier molecular flexibility index (Phi) is 3.77. The van der Waals surface area contributed by atoms with Crippen LogP contribution in [0.3, 0.4) is 0 Å². The normalized spacial score (nSPS) is 10.8. The number of benzene rings is 1. The second kappa shape index (κ2) is 5.51. The number of hydrogen-bond donors (Lipinski definition) is 2. The van der Waals surface area contributed by atoms with Gasteiger partial charge in [-0.25, -0.2) is 4.98 Å². The fraction of sp³-hybridized carbons (Fsp3) is 0.417. The summed E-state index contributed by atoms with van der Waals surface area (Å²) in [4.78, 5) is 4.08. The lowest BCUT2D eigenvalue weighted by atomic mass is 10.2. The fourth-order valence-electron chi connectivity index (χ4n) is 1.62. The minimum Gasteiger partial charge on any atom is -0.443 e. The molecule has 0 amide bonds. The van der Waals surface area contributed by atoms with Crippen molar-refractivity contribution in [1.29, 1.82) is 0 Å². The predicted octanol–water partition coefficient (Wildman–Crippen LogP) is 2.24. The van der Waals surface area contributed by atoms with E-state index in [4.69, 9.17) is 4.42 Å². The number of nitrogens with zero attached hydrogens (tertiary/aromatic N) is 1. The van der Waals surface area contributed by atoms with Gasteiger partial charge in [0.05, 0.1) is 0 Å². The molecule has 4 nitrogen and oxygen atoms in total. The van der Waals surface area contributed by atoms with Gasteiger partial charge in [0.1, 0.15) is 5.52 Å². The summed E-state index contributed by atoms with van der Waals surface area (Å²) in [5.74, 6) is 0. The van der Waals surface area contributed by atoms with Crippen LogP contribution in [-0.2, 0) is 0 Å². The van der Waals surface area contributed by atoms with Gasteiger partial charge >= 0.3 is 0 Å². The molecule has 0 aliphatic rings. The molecule has 0 unspecified atom stereocenters. The van der Waals surface area contributed by atoms with Crippen molar-refractivity contribution in [1.82, 2.24) is 10.3 Å². The van der Waals surface area contributed by atoms with Crippen LogP contribution in [-0.4, -0.2) is 25.1 Å². The molecule has 0 aliphatic heterocycles. The first-order chi connectivity index (χ1) is 7.90. The van der Waals surface area contributed by atoms with Gasteiger partial charge in [-0.05, 0) is 38.6 Å². The molecule has 0 aliphatic carbocycles. The standard InChI is InChI=1S/C12H17N3O/c1-13-6-2-3-7-14-10-4-5-11-12(8-10)16-9-15-11/h4-5,8-9,13-14H,2-3,6-7H2,1H3. The van der Waals surface area contributed by atoms with Gasteiger partial charge in [0, 0.05) is 18.3 Å². The molecule has 2 rings (SSSR count). The van der Waals surface area contributed by atoms with E-state index in [9.17, 15) is 0 Å². The van der Waals surface area contributed by atoms with Crippen molar-refractivity contribution in [3.05, 3.63) is 24.6 Å². The summed E-state index contributed by atoms with van der Waals surface area (Å²) >= 11 is 0. The first kappa shape index (κ1) is 11.0. The van der Waals surface area contributed by atoms with E-state index in [1.165, 1.54) is 12.8 Å². The lowest BCUT2D eigenvalue weighted by Crippen LogP contribution is -2.10. The number of oxazole rings is 1. The van der Waals surface area contributed by atoms with Crippen molar-refractivity contribution in [2.45, 2.75) is 12.8 Å². The molecule has 0 radical (unpaired) electrons. The molecule has 86 valence electrons. The molecule has 0 saturated carbocycles. The van der Waals surface area contributed by atoms with Crippen LogP contribution in [0.15, 0.2) is 29.0 Å². The van der Waals surface area contributed by atoms with Crippen molar-refractivity contribution < 1.29 is 4.42 Å². The summed E-state index contributed by atoms with van der Waals surface area (Å²) in [6.45, 7) is 2.06. The highest BCUT2D eigenvalue weighted by atomic mass is 16.3. The van der Waals surface area contributed by atoms with Crippen LogP contribution in [0.4, 0.5) is 5.69 Å². The van der Waals surface area contributed by atoms with Crippen LogP contribution in [0.2, 0.25) is 0 Å². The van der Waals surface area contributed by atoms with Gasteiger partial charge in [0.15, 0.2) is 12.0 Å². The molecule has 0 bridgehead atoms. The van der Waals surface area contributed by atoms with E-state index in [1.54, 1.807) is 0 Å². The van der Waals surface area contributed by atoms with Crippen LogP contribution in [0.1, 0.15) is 12.8 Å². The molecule has 16 heavy (non-hydrogen) atoms. The van der Waals surface area contributed by atoms with Gasteiger partial charge in [-0.1, -0.05) is 0 Å². The fourth-order valence-corrected chi connectivity index (χ4v) is 1.62. The highest BCUT2D eigenvalue weighted by molar-refractivity contribution is 5.76. The molecule has 2 N–H and O–H groups in total. The summed E-state index contributed by atoms with van der Waals surface area (Å²) in [6.07, 6.45) is 3.82. The Hall–Kier alpha value is -1.55. The van der Waals surface area contributed by atoms with Crippen molar-refractivity contribution in [3.8, 4) is 0 Å². The number of aromatic nitrogens is 1. The average Bonchev–Trinajstić information content (AvgIpc) is 2.76. The van der Waals surface area contributed by atoms with Crippen LogP contribution in [0.25, 0.3) is 11.1 Å². The number of nitrogens with one attached hydrogen (secondary N) is 2. The lowest BCUT2D eigenvalue weighted by molar-refractivity contribution is 0.602. The van der Waals surface area contributed by atoms with Crippen molar-refractivity contribution in [2.75, 3.05) is 25.5 Å². The Morgan fingerprint density at radius 2 is 2.12 bits per heavy atom.